The number of hydrogen-bond acceptors (Lipinski definition) is 5. The van der Waals surface area contributed by atoms with E-state index in [0.29, 0.717) is 17.9 Å². The molecule has 0 bridgehead atoms. The second kappa shape index (κ2) is 5.05. The lowest BCUT2D eigenvalue weighted by Gasteiger charge is -2.05. The van der Waals surface area contributed by atoms with E-state index in [1.165, 1.54) is 11.3 Å². The Hall–Kier alpha value is -1.75. The number of carbonyl (C=O) groups is 1. The normalized spacial score (nSPS) is 10.2. The highest BCUT2D eigenvalue weighted by Gasteiger charge is 2.12. The van der Waals surface area contributed by atoms with Crippen molar-refractivity contribution in [3.05, 3.63) is 34.3 Å². The van der Waals surface area contributed by atoms with Crippen LogP contribution < -0.4 is 0 Å². The van der Waals surface area contributed by atoms with Gasteiger partial charge in [-0.05, 0) is 26.0 Å². The van der Waals surface area contributed by atoms with Gasteiger partial charge in [0.25, 0.3) is 0 Å². The maximum atomic E-state index is 11.6. The lowest BCUT2D eigenvalue weighted by Crippen LogP contribution is -2.08. The minimum absolute atomic E-state index is 0.331. The molecule has 0 aromatic carbocycles. The monoisotopic (exact) mass is 248 g/mol. The van der Waals surface area contributed by atoms with Crippen molar-refractivity contribution in [3.63, 3.8) is 0 Å². The summed E-state index contributed by atoms with van der Waals surface area (Å²) < 4.78 is 4.95. The van der Waals surface area contributed by atoms with Gasteiger partial charge in [-0.25, -0.2) is 9.78 Å². The lowest BCUT2D eigenvalue weighted by molar-refractivity contribution is 0.0525. The van der Waals surface area contributed by atoms with Gasteiger partial charge in [0.2, 0.25) is 0 Å². The summed E-state index contributed by atoms with van der Waals surface area (Å²) in [6.45, 7) is 3.94. The van der Waals surface area contributed by atoms with E-state index in [-0.39, 0.29) is 5.97 Å². The molecule has 0 saturated heterocycles. The summed E-state index contributed by atoms with van der Waals surface area (Å²) in [6.07, 6.45) is 0. The highest BCUT2D eigenvalue weighted by molar-refractivity contribution is 7.07. The Morgan fingerprint density at radius 2 is 2.24 bits per heavy atom. The fraction of sp³-hybridized carbons (Fsp3) is 0.250. The fourth-order valence-electron chi connectivity index (χ4n) is 1.47. The van der Waals surface area contributed by atoms with Gasteiger partial charge in [-0.2, -0.15) is 0 Å². The standard InChI is InChI=1S/C12H12N2O2S/c1-3-16-12(15)9-4-5-10(14-8(9)2)11-6-17-7-13-11/h4-7H,3H2,1-2H3. The summed E-state index contributed by atoms with van der Waals surface area (Å²) >= 11 is 1.52. The molecule has 0 aliphatic heterocycles. The van der Waals surface area contributed by atoms with E-state index in [2.05, 4.69) is 9.97 Å². The molecule has 0 spiro atoms. The van der Waals surface area contributed by atoms with Gasteiger partial charge in [-0.1, -0.05) is 0 Å². The predicted octanol–water partition coefficient (Wildman–Crippen LogP) is 2.69. The van der Waals surface area contributed by atoms with Gasteiger partial charge < -0.3 is 4.74 Å². The zero-order valence-corrected chi connectivity index (χ0v) is 10.5. The molecule has 0 N–H and O–H groups in total. The quantitative estimate of drug-likeness (QED) is 0.784. The lowest BCUT2D eigenvalue weighted by atomic mass is 10.1. The molecule has 0 amide bonds. The Morgan fingerprint density at radius 1 is 1.41 bits per heavy atom. The Balaban J connectivity index is 2.32. The third-order valence-corrected chi connectivity index (χ3v) is 2.86. The fourth-order valence-corrected chi connectivity index (χ4v) is 2.01. The van der Waals surface area contributed by atoms with Crippen molar-refractivity contribution in [2.45, 2.75) is 13.8 Å². The maximum Gasteiger partial charge on any atom is 0.339 e. The first-order valence-electron chi connectivity index (χ1n) is 5.25. The number of esters is 1. The van der Waals surface area contributed by atoms with Crippen LogP contribution in [0, 0.1) is 6.92 Å². The highest BCUT2D eigenvalue weighted by atomic mass is 32.1. The number of aryl methyl sites for hydroxylation is 1. The van der Waals surface area contributed by atoms with Gasteiger partial charge in [-0.15, -0.1) is 11.3 Å². The summed E-state index contributed by atoms with van der Waals surface area (Å²) in [5.74, 6) is -0.331. The first kappa shape index (κ1) is 11.7. The van der Waals surface area contributed by atoms with Crippen LogP contribution in [-0.2, 0) is 4.74 Å². The molecule has 2 heterocycles. The van der Waals surface area contributed by atoms with Crippen molar-refractivity contribution < 1.29 is 9.53 Å². The van der Waals surface area contributed by atoms with Gasteiger partial charge in [0, 0.05) is 5.38 Å². The maximum absolute atomic E-state index is 11.6. The molecule has 0 fully saturated rings. The minimum Gasteiger partial charge on any atom is -0.462 e. The van der Waals surface area contributed by atoms with Crippen LogP contribution in [0.4, 0.5) is 0 Å². The van der Waals surface area contributed by atoms with Crippen LogP contribution in [0.2, 0.25) is 0 Å². The largest absolute Gasteiger partial charge is 0.462 e. The highest BCUT2D eigenvalue weighted by Crippen LogP contribution is 2.19. The molecule has 0 radical (unpaired) electrons. The average Bonchev–Trinajstić information content (AvgIpc) is 2.82. The SMILES string of the molecule is CCOC(=O)c1ccc(-c2cscn2)nc1C. The molecule has 4 nitrogen and oxygen atoms in total. The molecule has 0 aliphatic rings. The van der Waals surface area contributed by atoms with Crippen molar-refractivity contribution in [1.82, 2.24) is 9.97 Å². The first-order chi connectivity index (χ1) is 8.22. The van der Waals surface area contributed by atoms with Gasteiger partial charge in [0.1, 0.15) is 0 Å². The molecule has 88 valence electrons. The van der Waals surface area contributed by atoms with Crippen molar-refractivity contribution in [3.8, 4) is 11.4 Å². The number of rotatable bonds is 3. The van der Waals surface area contributed by atoms with Crippen molar-refractivity contribution in [2.24, 2.45) is 0 Å². The Kier molecular flexibility index (Phi) is 3.49. The number of carbonyl (C=O) groups excluding carboxylic acids is 1. The van der Waals surface area contributed by atoms with Crippen LogP contribution in [-0.4, -0.2) is 22.5 Å². The summed E-state index contributed by atoms with van der Waals surface area (Å²) in [5.41, 5.74) is 4.52. The third-order valence-electron chi connectivity index (χ3n) is 2.28. The third kappa shape index (κ3) is 2.50. The van der Waals surface area contributed by atoms with E-state index < -0.39 is 0 Å². The molecule has 0 atom stereocenters. The molecule has 2 aromatic heterocycles. The van der Waals surface area contributed by atoms with Crippen molar-refractivity contribution in [1.29, 1.82) is 0 Å². The van der Waals surface area contributed by atoms with Crippen LogP contribution in [0.1, 0.15) is 23.0 Å². The number of thiazole rings is 1. The minimum atomic E-state index is -0.331. The van der Waals surface area contributed by atoms with Crippen LogP contribution >= 0.6 is 11.3 Å². The molecule has 2 rings (SSSR count). The summed E-state index contributed by atoms with van der Waals surface area (Å²) in [7, 11) is 0. The molecule has 17 heavy (non-hydrogen) atoms. The van der Waals surface area contributed by atoms with E-state index in [0.717, 1.165) is 11.4 Å². The number of nitrogens with zero attached hydrogens (tertiary/aromatic N) is 2. The van der Waals surface area contributed by atoms with Crippen LogP contribution in [0.15, 0.2) is 23.0 Å². The van der Waals surface area contributed by atoms with Crippen molar-refractivity contribution in [2.75, 3.05) is 6.61 Å². The summed E-state index contributed by atoms with van der Waals surface area (Å²) in [6, 6.07) is 3.52. The number of pyridine rings is 1. The zero-order chi connectivity index (χ0) is 12.3. The molecule has 0 saturated carbocycles. The van der Waals surface area contributed by atoms with Crippen LogP contribution in [0.3, 0.4) is 0 Å². The zero-order valence-electron chi connectivity index (χ0n) is 9.64. The molecule has 2 aromatic rings. The molecule has 5 heteroatoms. The Bertz CT molecular complexity index is 523. The summed E-state index contributed by atoms with van der Waals surface area (Å²) in [4.78, 5) is 20.1. The topological polar surface area (TPSA) is 52.1 Å². The van der Waals surface area contributed by atoms with E-state index in [1.54, 1.807) is 31.5 Å². The number of ether oxygens (including phenoxy) is 1. The predicted molar refractivity (Wildman–Crippen MR) is 66.0 cm³/mol. The van der Waals surface area contributed by atoms with Gasteiger partial charge in [0.15, 0.2) is 0 Å². The van der Waals surface area contributed by atoms with Gasteiger partial charge in [0.05, 0.1) is 34.8 Å². The first-order valence-corrected chi connectivity index (χ1v) is 6.20. The second-order valence-electron chi connectivity index (χ2n) is 3.42. The average molecular weight is 248 g/mol. The van der Waals surface area contributed by atoms with E-state index >= 15 is 0 Å². The molecular weight excluding hydrogens is 236 g/mol. The second-order valence-corrected chi connectivity index (χ2v) is 4.14. The van der Waals surface area contributed by atoms with E-state index in [1.807, 2.05) is 5.38 Å². The number of hydrogen-bond donors (Lipinski definition) is 0. The van der Waals surface area contributed by atoms with Gasteiger partial charge >= 0.3 is 5.97 Å². The smallest absolute Gasteiger partial charge is 0.339 e. The van der Waals surface area contributed by atoms with E-state index in [9.17, 15) is 4.79 Å². The van der Waals surface area contributed by atoms with Gasteiger partial charge in [-0.3, -0.25) is 4.98 Å². The molecule has 0 aliphatic carbocycles. The Labute approximate surface area is 103 Å². The summed E-state index contributed by atoms with van der Waals surface area (Å²) in [5, 5.41) is 1.92. The Morgan fingerprint density at radius 3 is 2.82 bits per heavy atom. The van der Waals surface area contributed by atoms with Crippen LogP contribution in [0.25, 0.3) is 11.4 Å². The molecular formula is C12H12N2O2S. The van der Waals surface area contributed by atoms with E-state index in [4.69, 9.17) is 4.74 Å². The van der Waals surface area contributed by atoms with Crippen molar-refractivity contribution >= 4 is 17.3 Å². The van der Waals surface area contributed by atoms with Crippen LogP contribution in [0.5, 0.6) is 0 Å². The molecule has 0 unspecified atom stereocenters. The number of aromatic nitrogens is 2.